The van der Waals surface area contributed by atoms with Crippen LogP contribution in [-0.2, 0) is 9.31 Å². The van der Waals surface area contributed by atoms with Crippen LogP contribution in [0.2, 0.25) is 0 Å². The van der Waals surface area contributed by atoms with Gasteiger partial charge in [0, 0.05) is 0 Å². The van der Waals surface area contributed by atoms with Crippen molar-refractivity contribution in [1.29, 1.82) is 0 Å². The Kier molecular flexibility index (Phi) is 2.46. The first-order valence-corrected chi connectivity index (χ1v) is 6.93. The molecule has 4 rings (SSSR count). The summed E-state index contributed by atoms with van der Waals surface area (Å²) < 4.78 is 12.2. The van der Waals surface area contributed by atoms with Crippen LogP contribution < -0.4 is 0 Å². The summed E-state index contributed by atoms with van der Waals surface area (Å²) in [6.45, 7) is 8.94. The molecule has 0 spiro atoms. The van der Waals surface area contributed by atoms with Gasteiger partial charge in [-0.2, -0.15) is 0 Å². The molecule has 96 valence electrons. The number of nitrogens with one attached hydrogen (secondary N) is 1. The molecule has 1 N–H and O–H groups in total. The molecule has 1 saturated heterocycles. The highest BCUT2D eigenvalue weighted by molar-refractivity contribution is 6.48. The second-order valence-corrected chi connectivity index (χ2v) is 6.93. The maximum atomic E-state index is 7.98. The van der Waals surface area contributed by atoms with Crippen LogP contribution in [0, 0.1) is 17.3 Å². The minimum absolute atomic E-state index is 0.123. The van der Waals surface area contributed by atoms with E-state index < -0.39 is 0 Å². The lowest BCUT2D eigenvalue weighted by atomic mass is 9.45. The van der Waals surface area contributed by atoms with Gasteiger partial charge < -0.3 is 15.0 Å². The van der Waals surface area contributed by atoms with Crippen LogP contribution in [0.5, 0.6) is 0 Å². The van der Waals surface area contributed by atoms with Gasteiger partial charge in [0.15, 0.2) is 0 Å². The summed E-state index contributed by atoms with van der Waals surface area (Å²) in [5.74, 6) is 1.17. The molecule has 2 bridgehead atoms. The van der Waals surface area contributed by atoms with Crippen molar-refractivity contribution in [2.45, 2.75) is 64.6 Å². The van der Waals surface area contributed by atoms with Gasteiger partial charge in [0.2, 0.25) is 0 Å². The first kappa shape index (κ1) is 12.0. The van der Waals surface area contributed by atoms with E-state index >= 15 is 0 Å². The van der Waals surface area contributed by atoms with Gasteiger partial charge in [-0.05, 0) is 37.0 Å². The van der Waals surface area contributed by atoms with Crippen molar-refractivity contribution >= 4 is 7.12 Å². The SMILES string of the molecule is CC[C@@H]([NH-])B1O[C@@H]2C3C[C@H](C[C@]2(C)O1)C3(C)C. The third kappa shape index (κ3) is 1.47. The van der Waals surface area contributed by atoms with E-state index in [9.17, 15) is 0 Å². The zero-order valence-electron chi connectivity index (χ0n) is 11.3. The van der Waals surface area contributed by atoms with Gasteiger partial charge in [0.25, 0.3) is 0 Å². The van der Waals surface area contributed by atoms with E-state index in [1.165, 1.54) is 6.42 Å². The number of rotatable bonds is 2. The Bertz CT molecular complexity index is 335. The van der Waals surface area contributed by atoms with Crippen molar-refractivity contribution < 1.29 is 9.31 Å². The minimum Gasteiger partial charge on any atom is -0.677 e. The van der Waals surface area contributed by atoms with Gasteiger partial charge in [0.1, 0.15) is 0 Å². The quantitative estimate of drug-likeness (QED) is 0.691. The topological polar surface area (TPSA) is 42.3 Å². The normalized spacial score (nSPS) is 48.5. The van der Waals surface area contributed by atoms with Crippen LogP contribution in [0.4, 0.5) is 0 Å². The second kappa shape index (κ2) is 3.49. The molecule has 1 aliphatic heterocycles. The van der Waals surface area contributed by atoms with Crippen LogP contribution in [0.15, 0.2) is 0 Å². The summed E-state index contributed by atoms with van der Waals surface area (Å²) in [6, 6.07) is 0. The van der Waals surface area contributed by atoms with Gasteiger partial charge in [0.05, 0.1) is 11.7 Å². The summed E-state index contributed by atoms with van der Waals surface area (Å²) in [7, 11) is -0.301. The first-order valence-electron chi connectivity index (χ1n) is 6.93. The Balaban J connectivity index is 1.81. The molecule has 3 saturated carbocycles. The second-order valence-electron chi connectivity index (χ2n) is 6.93. The zero-order valence-corrected chi connectivity index (χ0v) is 11.3. The Hall–Kier alpha value is -0.0551. The van der Waals surface area contributed by atoms with E-state index in [4.69, 9.17) is 15.0 Å². The standard InChI is InChI=1S/C13H23BNO2/c1-5-10(15)14-16-11-9-6-8(12(9,2)3)7-13(11,4)17-14/h8-11,15H,5-7H2,1-4H3/q-1/t8-,9?,10-,11-,13+/m1/s1. The highest BCUT2D eigenvalue weighted by Crippen LogP contribution is 2.64. The van der Waals surface area contributed by atoms with E-state index in [2.05, 4.69) is 20.8 Å². The molecule has 0 radical (unpaired) electrons. The Morgan fingerprint density at radius 2 is 2.12 bits per heavy atom. The van der Waals surface area contributed by atoms with Gasteiger partial charge in [-0.1, -0.05) is 27.2 Å². The number of hydrogen-bond acceptors (Lipinski definition) is 2. The van der Waals surface area contributed by atoms with Crippen LogP contribution in [0.1, 0.15) is 47.0 Å². The summed E-state index contributed by atoms with van der Waals surface area (Å²) in [5.41, 5.74) is 8.27. The monoisotopic (exact) mass is 236 g/mol. The molecule has 1 unspecified atom stereocenters. The van der Waals surface area contributed by atoms with Gasteiger partial charge in [-0.3, -0.25) is 0 Å². The molecule has 1 heterocycles. The molecular formula is C13H23BNO2-. The molecule has 4 fully saturated rings. The minimum atomic E-state index is -0.301. The van der Waals surface area contributed by atoms with Crippen LogP contribution >= 0.6 is 0 Å². The van der Waals surface area contributed by atoms with Crippen molar-refractivity contribution in [3.8, 4) is 0 Å². The highest BCUT2D eigenvalue weighted by Gasteiger charge is 2.66. The molecule has 4 aliphatic rings. The number of hydrogen-bond donors (Lipinski definition) is 0. The first-order chi connectivity index (χ1) is 7.88. The third-order valence-corrected chi connectivity index (χ3v) is 5.60. The lowest BCUT2D eigenvalue weighted by Gasteiger charge is -2.63. The van der Waals surface area contributed by atoms with E-state index in [1.54, 1.807) is 0 Å². The van der Waals surface area contributed by atoms with Crippen molar-refractivity contribution in [1.82, 2.24) is 0 Å². The van der Waals surface area contributed by atoms with Crippen LogP contribution in [0.3, 0.4) is 0 Å². The maximum Gasteiger partial charge on any atom is 0.438 e. The molecule has 3 nitrogen and oxygen atoms in total. The van der Waals surface area contributed by atoms with E-state index in [0.717, 1.165) is 18.8 Å². The largest absolute Gasteiger partial charge is 0.677 e. The fourth-order valence-corrected chi connectivity index (χ4v) is 4.11. The fourth-order valence-electron chi connectivity index (χ4n) is 4.11. The Labute approximate surface area is 105 Å². The fraction of sp³-hybridized carbons (Fsp3) is 1.00. The van der Waals surface area contributed by atoms with E-state index in [1.807, 2.05) is 6.92 Å². The predicted molar refractivity (Wildman–Crippen MR) is 68.5 cm³/mol. The molecule has 0 aromatic rings. The Morgan fingerprint density at radius 3 is 2.71 bits per heavy atom. The van der Waals surface area contributed by atoms with Crippen molar-refractivity contribution in [3.05, 3.63) is 5.73 Å². The molecular weight excluding hydrogens is 213 g/mol. The summed E-state index contributed by atoms with van der Waals surface area (Å²) in [4.78, 5) is 0. The summed E-state index contributed by atoms with van der Waals surface area (Å²) in [5, 5.41) is 0. The smallest absolute Gasteiger partial charge is 0.438 e. The molecule has 17 heavy (non-hydrogen) atoms. The van der Waals surface area contributed by atoms with E-state index in [-0.39, 0.29) is 24.8 Å². The lowest BCUT2D eigenvalue weighted by Crippen LogP contribution is -2.63. The molecule has 5 atom stereocenters. The molecule has 3 aliphatic carbocycles. The van der Waals surface area contributed by atoms with Crippen molar-refractivity contribution in [2.24, 2.45) is 17.3 Å². The maximum absolute atomic E-state index is 7.98. The predicted octanol–water partition coefficient (Wildman–Crippen LogP) is 3.08. The third-order valence-electron chi connectivity index (χ3n) is 5.60. The lowest BCUT2D eigenvalue weighted by molar-refractivity contribution is -0.185. The van der Waals surface area contributed by atoms with Crippen molar-refractivity contribution in [3.63, 3.8) is 0 Å². The Morgan fingerprint density at radius 1 is 1.41 bits per heavy atom. The van der Waals surface area contributed by atoms with E-state index in [0.29, 0.717) is 11.3 Å². The van der Waals surface area contributed by atoms with Crippen molar-refractivity contribution in [2.75, 3.05) is 0 Å². The molecule has 0 amide bonds. The van der Waals surface area contributed by atoms with Crippen LogP contribution in [0.25, 0.3) is 5.73 Å². The van der Waals surface area contributed by atoms with Gasteiger partial charge in [-0.15, -0.1) is 5.94 Å². The van der Waals surface area contributed by atoms with Gasteiger partial charge >= 0.3 is 7.12 Å². The summed E-state index contributed by atoms with van der Waals surface area (Å²) >= 11 is 0. The molecule has 4 heteroatoms. The van der Waals surface area contributed by atoms with Crippen LogP contribution in [-0.4, -0.2) is 24.8 Å². The molecule has 0 aromatic heterocycles. The molecule has 0 aromatic carbocycles. The summed E-state index contributed by atoms with van der Waals surface area (Å²) in [6.07, 6.45) is 3.41. The highest BCUT2D eigenvalue weighted by atomic mass is 16.7. The average molecular weight is 236 g/mol. The zero-order chi connectivity index (χ0) is 12.4. The van der Waals surface area contributed by atoms with Gasteiger partial charge in [-0.25, -0.2) is 0 Å². The average Bonchev–Trinajstić information content (AvgIpc) is 2.64.